The van der Waals surface area contributed by atoms with Crippen molar-refractivity contribution in [2.24, 2.45) is 23.5 Å². The number of fused-ring (bicyclic) bond motifs is 2. The first-order valence-corrected chi connectivity index (χ1v) is 7.73. The molecule has 1 saturated heterocycles. The zero-order chi connectivity index (χ0) is 11.8. The summed E-state index contributed by atoms with van der Waals surface area (Å²) in [6.45, 7) is 4.67. The zero-order valence-electron chi connectivity index (χ0n) is 11.3. The molecule has 3 rings (SSSR count). The Balaban J connectivity index is 1.66. The van der Waals surface area contributed by atoms with Gasteiger partial charge in [0.05, 0.1) is 0 Å². The molecule has 1 aliphatic heterocycles. The maximum absolute atomic E-state index is 6.12. The van der Waals surface area contributed by atoms with Gasteiger partial charge in [-0.1, -0.05) is 19.8 Å². The van der Waals surface area contributed by atoms with E-state index in [1.54, 1.807) is 0 Å². The molecule has 2 saturated carbocycles. The Hall–Kier alpha value is -0.0800. The Morgan fingerprint density at radius 3 is 2.65 bits per heavy atom. The molecule has 0 aromatic heterocycles. The molecular weight excluding hydrogens is 208 g/mol. The molecular formula is C15H28N2. The fourth-order valence-electron chi connectivity index (χ4n) is 4.80. The number of likely N-dealkylation sites (tertiary alicyclic amines) is 1. The minimum atomic E-state index is 0.702. The second-order valence-electron chi connectivity index (χ2n) is 6.86. The lowest BCUT2D eigenvalue weighted by Crippen LogP contribution is -2.50. The standard InChI is InChI=1S/C15H28N2/c1-11-3-2-4-13(7-11)15(9-16)17-10-12-5-6-14(17)8-12/h11-15H,2-10,16H2,1H3. The second kappa shape index (κ2) is 4.89. The van der Waals surface area contributed by atoms with Crippen LogP contribution in [0.2, 0.25) is 0 Å². The number of rotatable bonds is 3. The zero-order valence-corrected chi connectivity index (χ0v) is 11.3. The molecule has 3 fully saturated rings. The molecule has 2 nitrogen and oxygen atoms in total. The van der Waals surface area contributed by atoms with Crippen LogP contribution in [-0.4, -0.2) is 30.1 Å². The summed E-state index contributed by atoms with van der Waals surface area (Å²) in [5.41, 5.74) is 6.12. The molecule has 5 unspecified atom stereocenters. The molecule has 98 valence electrons. The van der Waals surface area contributed by atoms with Crippen LogP contribution in [0.1, 0.15) is 51.9 Å². The van der Waals surface area contributed by atoms with Crippen LogP contribution < -0.4 is 5.73 Å². The van der Waals surface area contributed by atoms with Gasteiger partial charge < -0.3 is 5.73 Å². The van der Waals surface area contributed by atoms with Crippen LogP contribution in [0.4, 0.5) is 0 Å². The highest BCUT2D eigenvalue weighted by Gasteiger charge is 2.43. The molecule has 0 amide bonds. The molecule has 2 heteroatoms. The van der Waals surface area contributed by atoms with Gasteiger partial charge in [-0.3, -0.25) is 4.90 Å². The average molecular weight is 236 g/mol. The second-order valence-corrected chi connectivity index (χ2v) is 6.86. The fraction of sp³-hybridized carbons (Fsp3) is 1.00. The Kier molecular flexibility index (Phi) is 3.45. The van der Waals surface area contributed by atoms with E-state index in [1.165, 1.54) is 51.5 Å². The van der Waals surface area contributed by atoms with Gasteiger partial charge in [0.2, 0.25) is 0 Å². The van der Waals surface area contributed by atoms with E-state index in [0.717, 1.165) is 30.3 Å². The Morgan fingerprint density at radius 1 is 1.18 bits per heavy atom. The SMILES string of the molecule is CC1CCCC(C(CN)N2CC3CCC2C3)C1. The van der Waals surface area contributed by atoms with E-state index in [0.29, 0.717) is 6.04 Å². The van der Waals surface area contributed by atoms with Gasteiger partial charge in [0.1, 0.15) is 0 Å². The highest BCUT2D eigenvalue weighted by atomic mass is 15.2. The van der Waals surface area contributed by atoms with Crippen LogP contribution in [0.25, 0.3) is 0 Å². The monoisotopic (exact) mass is 236 g/mol. The molecule has 0 spiro atoms. The Morgan fingerprint density at radius 2 is 2.06 bits per heavy atom. The third-order valence-electron chi connectivity index (χ3n) is 5.64. The summed E-state index contributed by atoms with van der Waals surface area (Å²) in [7, 11) is 0. The summed E-state index contributed by atoms with van der Waals surface area (Å²) in [5, 5.41) is 0. The fourth-order valence-corrected chi connectivity index (χ4v) is 4.80. The van der Waals surface area contributed by atoms with Crippen molar-refractivity contribution in [3.8, 4) is 0 Å². The van der Waals surface area contributed by atoms with Gasteiger partial charge >= 0.3 is 0 Å². The molecule has 1 heterocycles. The van der Waals surface area contributed by atoms with Gasteiger partial charge in [-0.15, -0.1) is 0 Å². The number of hydrogen-bond donors (Lipinski definition) is 1. The van der Waals surface area contributed by atoms with E-state index in [-0.39, 0.29) is 0 Å². The van der Waals surface area contributed by atoms with E-state index in [4.69, 9.17) is 5.73 Å². The molecule has 17 heavy (non-hydrogen) atoms. The van der Waals surface area contributed by atoms with Gasteiger partial charge in [-0.25, -0.2) is 0 Å². The number of nitrogens with two attached hydrogens (primary N) is 1. The average Bonchev–Trinajstić information content (AvgIpc) is 2.92. The minimum absolute atomic E-state index is 0.702. The lowest BCUT2D eigenvalue weighted by molar-refractivity contribution is 0.0806. The third-order valence-corrected chi connectivity index (χ3v) is 5.64. The molecule has 0 radical (unpaired) electrons. The minimum Gasteiger partial charge on any atom is -0.329 e. The van der Waals surface area contributed by atoms with Crippen molar-refractivity contribution in [3.63, 3.8) is 0 Å². The van der Waals surface area contributed by atoms with Crippen LogP contribution in [0, 0.1) is 17.8 Å². The maximum Gasteiger partial charge on any atom is 0.0249 e. The predicted molar refractivity (Wildman–Crippen MR) is 71.8 cm³/mol. The number of hydrogen-bond acceptors (Lipinski definition) is 2. The van der Waals surface area contributed by atoms with E-state index in [2.05, 4.69) is 11.8 Å². The van der Waals surface area contributed by atoms with Crippen molar-refractivity contribution in [1.82, 2.24) is 4.90 Å². The van der Waals surface area contributed by atoms with Crippen LogP contribution >= 0.6 is 0 Å². The molecule has 5 atom stereocenters. The summed E-state index contributed by atoms with van der Waals surface area (Å²) < 4.78 is 0. The first-order chi connectivity index (χ1) is 8.28. The summed E-state index contributed by atoms with van der Waals surface area (Å²) >= 11 is 0. The summed E-state index contributed by atoms with van der Waals surface area (Å²) in [5.74, 6) is 2.83. The first kappa shape index (κ1) is 12.0. The smallest absolute Gasteiger partial charge is 0.0249 e. The van der Waals surface area contributed by atoms with E-state index >= 15 is 0 Å². The predicted octanol–water partition coefficient (Wildman–Crippen LogP) is 2.62. The maximum atomic E-state index is 6.12. The Labute approximate surface area is 106 Å². The third kappa shape index (κ3) is 2.26. The summed E-state index contributed by atoms with van der Waals surface area (Å²) in [4.78, 5) is 2.80. The normalized spacial score (nSPS) is 44.1. The van der Waals surface area contributed by atoms with Crippen molar-refractivity contribution in [2.75, 3.05) is 13.1 Å². The molecule has 2 aliphatic carbocycles. The molecule has 0 aromatic carbocycles. The van der Waals surface area contributed by atoms with Crippen molar-refractivity contribution >= 4 is 0 Å². The van der Waals surface area contributed by atoms with Crippen LogP contribution in [0.5, 0.6) is 0 Å². The van der Waals surface area contributed by atoms with Crippen LogP contribution in [0.15, 0.2) is 0 Å². The highest BCUT2D eigenvalue weighted by molar-refractivity contribution is 4.97. The van der Waals surface area contributed by atoms with Gasteiger partial charge in [0, 0.05) is 25.2 Å². The van der Waals surface area contributed by atoms with E-state index < -0.39 is 0 Å². The van der Waals surface area contributed by atoms with Crippen molar-refractivity contribution in [2.45, 2.75) is 64.0 Å². The van der Waals surface area contributed by atoms with Crippen LogP contribution in [-0.2, 0) is 0 Å². The molecule has 2 N–H and O–H groups in total. The highest BCUT2D eigenvalue weighted by Crippen LogP contribution is 2.42. The lowest BCUT2D eigenvalue weighted by atomic mass is 9.77. The van der Waals surface area contributed by atoms with Gasteiger partial charge in [0.15, 0.2) is 0 Å². The molecule has 3 aliphatic rings. The Bertz CT molecular complexity index is 266. The largest absolute Gasteiger partial charge is 0.329 e. The van der Waals surface area contributed by atoms with Gasteiger partial charge in [0.25, 0.3) is 0 Å². The van der Waals surface area contributed by atoms with Gasteiger partial charge in [-0.05, 0) is 49.9 Å². The summed E-state index contributed by atoms with van der Waals surface area (Å²) in [6.07, 6.45) is 10.1. The number of piperidine rings is 1. The van der Waals surface area contributed by atoms with Gasteiger partial charge in [-0.2, -0.15) is 0 Å². The van der Waals surface area contributed by atoms with E-state index in [9.17, 15) is 0 Å². The van der Waals surface area contributed by atoms with Crippen molar-refractivity contribution < 1.29 is 0 Å². The van der Waals surface area contributed by atoms with Crippen LogP contribution in [0.3, 0.4) is 0 Å². The topological polar surface area (TPSA) is 29.3 Å². The quantitative estimate of drug-likeness (QED) is 0.816. The molecule has 2 bridgehead atoms. The van der Waals surface area contributed by atoms with Crippen molar-refractivity contribution in [3.05, 3.63) is 0 Å². The van der Waals surface area contributed by atoms with E-state index in [1.807, 2.05) is 0 Å². The van der Waals surface area contributed by atoms with Crippen molar-refractivity contribution in [1.29, 1.82) is 0 Å². The first-order valence-electron chi connectivity index (χ1n) is 7.73. The molecule has 0 aromatic rings. The lowest BCUT2D eigenvalue weighted by Gasteiger charge is -2.41. The summed E-state index contributed by atoms with van der Waals surface area (Å²) in [6, 6.07) is 1.60. The number of nitrogens with zero attached hydrogens (tertiary/aromatic N) is 1.